The zero-order valence-corrected chi connectivity index (χ0v) is 6.87. The van der Waals surface area contributed by atoms with Crippen LogP contribution in [0.1, 0.15) is 33.2 Å². The van der Waals surface area contributed by atoms with E-state index in [9.17, 15) is 9.90 Å². The number of carbonyl (C=O) groups is 1. The van der Waals surface area contributed by atoms with Crippen molar-refractivity contribution in [3.8, 4) is 0 Å². The molecule has 1 unspecified atom stereocenters. The summed E-state index contributed by atoms with van der Waals surface area (Å²) < 4.78 is 0. The quantitative estimate of drug-likeness (QED) is 0.634. The minimum Gasteiger partial charge on any atom is -0.388 e. The SMILES string of the molecule is Cc1cc2c(cc1C=O)CC2O. The van der Waals surface area contributed by atoms with E-state index in [-0.39, 0.29) is 6.10 Å². The molecule has 1 atom stereocenters. The van der Waals surface area contributed by atoms with E-state index in [0.29, 0.717) is 6.42 Å². The molecule has 1 N–H and O–H groups in total. The predicted octanol–water partition coefficient (Wildman–Crippen LogP) is 1.40. The first-order chi connectivity index (χ1) is 5.72. The van der Waals surface area contributed by atoms with Gasteiger partial charge in [0.25, 0.3) is 0 Å². The maximum Gasteiger partial charge on any atom is 0.150 e. The van der Waals surface area contributed by atoms with Crippen LogP contribution in [0.5, 0.6) is 0 Å². The van der Waals surface area contributed by atoms with Gasteiger partial charge in [0.15, 0.2) is 0 Å². The molecule has 12 heavy (non-hydrogen) atoms. The lowest BCUT2D eigenvalue weighted by Crippen LogP contribution is -2.17. The minimum absolute atomic E-state index is 0.306. The lowest BCUT2D eigenvalue weighted by molar-refractivity contribution is 0.112. The molecule has 1 aliphatic rings. The first kappa shape index (κ1) is 7.50. The van der Waals surface area contributed by atoms with Crippen molar-refractivity contribution in [2.45, 2.75) is 19.4 Å². The van der Waals surface area contributed by atoms with Crippen LogP contribution in [0.4, 0.5) is 0 Å². The Bertz CT molecular complexity index is 342. The molecule has 2 rings (SSSR count). The summed E-state index contributed by atoms with van der Waals surface area (Å²) in [5.41, 5.74) is 3.77. The number of fused-ring (bicyclic) bond motifs is 1. The molecule has 0 aliphatic heterocycles. The van der Waals surface area contributed by atoms with Crippen molar-refractivity contribution in [1.82, 2.24) is 0 Å². The molecule has 0 fully saturated rings. The molecule has 2 heteroatoms. The molecule has 2 nitrogen and oxygen atoms in total. The monoisotopic (exact) mass is 162 g/mol. The Hall–Kier alpha value is -1.15. The molecule has 0 aromatic heterocycles. The molecule has 0 saturated heterocycles. The number of rotatable bonds is 1. The largest absolute Gasteiger partial charge is 0.388 e. The van der Waals surface area contributed by atoms with Crippen LogP contribution in [-0.4, -0.2) is 11.4 Å². The highest BCUT2D eigenvalue weighted by Gasteiger charge is 2.24. The molecule has 0 spiro atoms. The Labute approximate surface area is 70.8 Å². The van der Waals surface area contributed by atoms with E-state index < -0.39 is 0 Å². The van der Waals surface area contributed by atoms with E-state index in [0.717, 1.165) is 28.5 Å². The zero-order chi connectivity index (χ0) is 8.72. The second kappa shape index (κ2) is 2.42. The van der Waals surface area contributed by atoms with Gasteiger partial charge in [-0.15, -0.1) is 0 Å². The van der Waals surface area contributed by atoms with Crippen molar-refractivity contribution in [3.63, 3.8) is 0 Å². The van der Waals surface area contributed by atoms with E-state index >= 15 is 0 Å². The summed E-state index contributed by atoms with van der Waals surface area (Å²) in [5.74, 6) is 0. The highest BCUT2D eigenvalue weighted by molar-refractivity contribution is 5.78. The van der Waals surface area contributed by atoms with Gasteiger partial charge in [-0.2, -0.15) is 0 Å². The van der Waals surface area contributed by atoms with Gasteiger partial charge in [0, 0.05) is 12.0 Å². The van der Waals surface area contributed by atoms with Gasteiger partial charge >= 0.3 is 0 Å². The fraction of sp³-hybridized carbons (Fsp3) is 0.300. The number of aryl methyl sites for hydroxylation is 1. The maximum atomic E-state index is 10.5. The number of hydrogen-bond acceptors (Lipinski definition) is 2. The minimum atomic E-state index is -0.306. The smallest absolute Gasteiger partial charge is 0.150 e. The number of hydrogen-bond donors (Lipinski definition) is 1. The Balaban J connectivity index is 2.54. The van der Waals surface area contributed by atoms with Crippen molar-refractivity contribution >= 4 is 6.29 Å². The normalized spacial score (nSPS) is 19.7. The summed E-state index contributed by atoms with van der Waals surface area (Å²) in [6, 6.07) is 3.76. The van der Waals surface area contributed by atoms with Crippen LogP contribution in [0, 0.1) is 6.92 Å². The zero-order valence-electron chi connectivity index (χ0n) is 6.87. The van der Waals surface area contributed by atoms with Crippen molar-refractivity contribution in [3.05, 3.63) is 34.4 Å². The van der Waals surface area contributed by atoms with Crippen LogP contribution in [0.25, 0.3) is 0 Å². The molecule has 62 valence electrons. The Morgan fingerprint density at radius 2 is 2.33 bits per heavy atom. The summed E-state index contributed by atoms with van der Waals surface area (Å²) in [6.07, 6.45) is 1.25. The number of aldehydes is 1. The fourth-order valence-corrected chi connectivity index (χ4v) is 1.60. The molecule has 1 aromatic carbocycles. The second-order valence-electron chi connectivity index (χ2n) is 3.25. The van der Waals surface area contributed by atoms with Crippen LogP contribution >= 0.6 is 0 Å². The molecule has 0 radical (unpaired) electrons. The average molecular weight is 162 g/mol. The third-order valence-corrected chi connectivity index (χ3v) is 2.43. The van der Waals surface area contributed by atoms with Crippen molar-refractivity contribution in [2.24, 2.45) is 0 Å². The lowest BCUT2D eigenvalue weighted by Gasteiger charge is -2.26. The third-order valence-electron chi connectivity index (χ3n) is 2.43. The molecule has 0 bridgehead atoms. The highest BCUT2D eigenvalue weighted by Crippen LogP contribution is 2.34. The van der Waals surface area contributed by atoms with Crippen molar-refractivity contribution < 1.29 is 9.90 Å². The summed E-state index contributed by atoms with van der Waals surface area (Å²) in [4.78, 5) is 10.5. The molecule has 0 heterocycles. The molecule has 1 aromatic rings. The van der Waals surface area contributed by atoms with Gasteiger partial charge in [-0.3, -0.25) is 4.79 Å². The van der Waals surface area contributed by atoms with E-state index in [1.165, 1.54) is 0 Å². The van der Waals surface area contributed by atoms with Crippen LogP contribution in [0.15, 0.2) is 12.1 Å². The van der Waals surface area contributed by atoms with Gasteiger partial charge in [0.1, 0.15) is 6.29 Å². The summed E-state index contributed by atoms with van der Waals surface area (Å²) in [6.45, 7) is 1.88. The first-order valence-electron chi connectivity index (χ1n) is 3.99. The Kier molecular flexibility index (Phi) is 1.51. The summed E-state index contributed by atoms with van der Waals surface area (Å²) in [5, 5.41) is 9.30. The van der Waals surface area contributed by atoms with Gasteiger partial charge in [-0.25, -0.2) is 0 Å². The van der Waals surface area contributed by atoms with Gasteiger partial charge in [-0.05, 0) is 29.7 Å². The second-order valence-corrected chi connectivity index (χ2v) is 3.25. The van der Waals surface area contributed by atoms with Crippen LogP contribution in [0.3, 0.4) is 0 Å². The molecule has 0 amide bonds. The Morgan fingerprint density at radius 1 is 1.58 bits per heavy atom. The van der Waals surface area contributed by atoms with E-state index in [1.807, 2.05) is 19.1 Å². The molecular formula is C10H10O2. The summed E-state index contributed by atoms with van der Waals surface area (Å²) in [7, 11) is 0. The standard InChI is InChI=1S/C10H10O2/c1-6-2-9-7(4-10(9)12)3-8(6)5-11/h2-3,5,10,12H,4H2,1H3. The van der Waals surface area contributed by atoms with Crippen molar-refractivity contribution in [1.29, 1.82) is 0 Å². The van der Waals surface area contributed by atoms with Crippen LogP contribution in [0.2, 0.25) is 0 Å². The molecule has 1 aliphatic carbocycles. The average Bonchev–Trinajstić information content (AvgIpc) is 2.06. The van der Waals surface area contributed by atoms with Crippen molar-refractivity contribution in [2.75, 3.05) is 0 Å². The topological polar surface area (TPSA) is 37.3 Å². The van der Waals surface area contributed by atoms with Gasteiger partial charge < -0.3 is 5.11 Å². The predicted molar refractivity (Wildman–Crippen MR) is 45.2 cm³/mol. The van der Waals surface area contributed by atoms with E-state index in [1.54, 1.807) is 0 Å². The first-order valence-corrected chi connectivity index (χ1v) is 3.99. The van der Waals surface area contributed by atoms with Crippen LogP contribution < -0.4 is 0 Å². The maximum absolute atomic E-state index is 10.5. The van der Waals surface area contributed by atoms with E-state index in [2.05, 4.69) is 0 Å². The lowest BCUT2D eigenvalue weighted by atomic mass is 9.83. The number of aliphatic hydroxyl groups excluding tert-OH is 1. The number of benzene rings is 1. The third kappa shape index (κ3) is 0.883. The highest BCUT2D eigenvalue weighted by atomic mass is 16.3. The molecular weight excluding hydrogens is 152 g/mol. The fourth-order valence-electron chi connectivity index (χ4n) is 1.60. The van der Waals surface area contributed by atoms with Gasteiger partial charge in [0.2, 0.25) is 0 Å². The number of aliphatic hydroxyl groups is 1. The Morgan fingerprint density at radius 3 is 2.92 bits per heavy atom. The van der Waals surface area contributed by atoms with Gasteiger partial charge in [-0.1, -0.05) is 6.07 Å². The van der Waals surface area contributed by atoms with E-state index in [4.69, 9.17) is 0 Å². The summed E-state index contributed by atoms with van der Waals surface area (Å²) >= 11 is 0. The van der Waals surface area contributed by atoms with Crippen LogP contribution in [-0.2, 0) is 6.42 Å². The van der Waals surface area contributed by atoms with Gasteiger partial charge in [0.05, 0.1) is 6.10 Å². The number of carbonyl (C=O) groups excluding carboxylic acids is 1. The molecule has 0 saturated carbocycles.